The number of aliphatic hydroxyl groups excluding tert-OH is 1. The minimum absolute atomic E-state index is 0.00409. The van der Waals surface area contributed by atoms with Crippen LogP contribution in [-0.2, 0) is 9.59 Å². The first-order valence-corrected chi connectivity index (χ1v) is 14.1. The van der Waals surface area contributed by atoms with E-state index in [0.29, 0.717) is 41.1 Å². The number of Topliss-reactive ketones (excluding diaryl/α,β-unsaturated/α-hetero) is 2. The summed E-state index contributed by atoms with van der Waals surface area (Å²) < 4.78 is 0. The molecule has 3 heteroatoms. The molecule has 0 aromatic rings. The highest BCUT2D eigenvalue weighted by Crippen LogP contribution is 2.41. The van der Waals surface area contributed by atoms with Gasteiger partial charge in [0, 0.05) is 22.3 Å². The van der Waals surface area contributed by atoms with Crippen LogP contribution in [0, 0.1) is 17.3 Å². The Morgan fingerprint density at radius 2 is 1.29 bits per heavy atom. The quantitative estimate of drug-likeness (QED) is 0.170. The maximum absolute atomic E-state index is 13.2. The first-order chi connectivity index (χ1) is 15.9. The van der Waals surface area contributed by atoms with Crippen molar-refractivity contribution in [1.82, 2.24) is 0 Å². The molecule has 0 saturated heterocycles. The predicted molar refractivity (Wildman–Crippen MR) is 145 cm³/mol. The summed E-state index contributed by atoms with van der Waals surface area (Å²) in [5.41, 5.74) is 1.95. The molecule has 3 nitrogen and oxygen atoms in total. The molecule has 0 aromatic heterocycles. The Balaban J connectivity index is 2.49. The zero-order valence-electron chi connectivity index (χ0n) is 23.7. The van der Waals surface area contributed by atoms with Crippen molar-refractivity contribution >= 4 is 11.6 Å². The second-order valence-corrected chi connectivity index (χ2v) is 12.0. The molecule has 0 spiro atoms. The molecule has 0 bridgehead atoms. The lowest BCUT2D eigenvalue weighted by Crippen LogP contribution is -2.33. The van der Waals surface area contributed by atoms with Crippen molar-refractivity contribution in [3.63, 3.8) is 0 Å². The molecule has 0 aromatic carbocycles. The fourth-order valence-corrected chi connectivity index (χ4v) is 5.42. The molecule has 0 heterocycles. The molecule has 34 heavy (non-hydrogen) atoms. The lowest BCUT2D eigenvalue weighted by molar-refractivity contribution is -0.117. The highest BCUT2D eigenvalue weighted by molar-refractivity contribution is 6.25. The maximum atomic E-state index is 13.2. The Morgan fingerprint density at radius 1 is 0.765 bits per heavy atom. The van der Waals surface area contributed by atoms with Crippen molar-refractivity contribution in [3.8, 4) is 0 Å². The highest BCUT2D eigenvalue weighted by atomic mass is 16.3. The highest BCUT2D eigenvalue weighted by Gasteiger charge is 2.39. The molecule has 1 aliphatic rings. The van der Waals surface area contributed by atoms with Gasteiger partial charge in [0.25, 0.3) is 0 Å². The van der Waals surface area contributed by atoms with Crippen molar-refractivity contribution in [3.05, 3.63) is 22.3 Å². The number of hydrogen-bond acceptors (Lipinski definition) is 3. The summed E-state index contributed by atoms with van der Waals surface area (Å²) in [7, 11) is 0. The fraction of sp³-hybridized carbons (Fsp3) is 0.806. The second-order valence-electron chi connectivity index (χ2n) is 12.0. The van der Waals surface area contributed by atoms with E-state index in [0.717, 1.165) is 31.6 Å². The molecule has 0 saturated carbocycles. The minimum Gasteiger partial charge on any atom is -0.393 e. The summed E-state index contributed by atoms with van der Waals surface area (Å²) in [6.07, 6.45) is 13.8. The molecule has 0 aliphatic heterocycles. The van der Waals surface area contributed by atoms with Gasteiger partial charge in [-0.25, -0.2) is 0 Å². The summed E-state index contributed by atoms with van der Waals surface area (Å²) in [5, 5.41) is 10.8. The Kier molecular flexibility index (Phi) is 13.6. The van der Waals surface area contributed by atoms with Crippen molar-refractivity contribution in [2.75, 3.05) is 0 Å². The molecular weight excluding hydrogens is 420 g/mol. The van der Waals surface area contributed by atoms with E-state index in [1.165, 1.54) is 44.9 Å². The predicted octanol–water partition coefficient (Wildman–Crippen LogP) is 8.54. The molecule has 1 N–H and O–H groups in total. The summed E-state index contributed by atoms with van der Waals surface area (Å²) in [5.74, 6) is 1.54. The maximum Gasteiger partial charge on any atom is 0.186 e. The smallest absolute Gasteiger partial charge is 0.186 e. The van der Waals surface area contributed by atoms with Gasteiger partial charge in [-0.05, 0) is 50.4 Å². The summed E-state index contributed by atoms with van der Waals surface area (Å²) in [4.78, 5) is 26.1. The second kappa shape index (κ2) is 15.0. The van der Waals surface area contributed by atoms with Gasteiger partial charge in [-0.15, -0.1) is 0 Å². The van der Waals surface area contributed by atoms with E-state index in [9.17, 15) is 14.7 Å². The van der Waals surface area contributed by atoms with Crippen molar-refractivity contribution < 1.29 is 14.7 Å². The third-order valence-electron chi connectivity index (χ3n) is 7.68. The van der Waals surface area contributed by atoms with Crippen molar-refractivity contribution in [1.29, 1.82) is 0 Å². The van der Waals surface area contributed by atoms with Crippen LogP contribution in [0.5, 0.6) is 0 Å². The van der Waals surface area contributed by atoms with E-state index in [-0.39, 0.29) is 11.6 Å². The summed E-state index contributed by atoms with van der Waals surface area (Å²) in [6, 6.07) is 0. The van der Waals surface area contributed by atoms with Crippen LogP contribution in [0.25, 0.3) is 0 Å². The Bertz CT molecular complexity index is 723. The SMILES string of the molecule is CCCC1=C(C(C)(C)CC(O)CCCC(C)CCCCCCCC(C)C)C(=O)C(C)=C(C)C1=O. The van der Waals surface area contributed by atoms with Gasteiger partial charge < -0.3 is 5.11 Å². The van der Waals surface area contributed by atoms with Gasteiger partial charge in [-0.1, -0.05) is 106 Å². The number of allylic oxidation sites excluding steroid dienone is 4. The van der Waals surface area contributed by atoms with Crippen LogP contribution in [0.3, 0.4) is 0 Å². The average Bonchev–Trinajstić information content (AvgIpc) is 2.74. The number of carbonyl (C=O) groups excluding carboxylic acids is 2. The largest absolute Gasteiger partial charge is 0.393 e. The van der Waals surface area contributed by atoms with E-state index in [1.54, 1.807) is 13.8 Å². The van der Waals surface area contributed by atoms with Crippen molar-refractivity contribution in [2.45, 2.75) is 145 Å². The van der Waals surface area contributed by atoms with Gasteiger partial charge >= 0.3 is 0 Å². The normalized spacial score (nSPS) is 17.2. The number of carbonyl (C=O) groups is 2. The van der Waals surface area contributed by atoms with Gasteiger partial charge in [-0.3, -0.25) is 9.59 Å². The van der Waals surface area contributed by atoms with Crippen LogP contribution in [0.2, 0.25) is 0 Å². The number of ketones is 2. The Labute approximate surface area is 210 Å². The van der Waals surface area contributed by atoms with Gasteiger partial charge in [0.2, 0.25) is 0 Å². The molecule has 0 fully saturated rings. The van der Waals surface area contributed by atoms with Gasteiger partial charge in [-0.2, -0.15) is 0 Å². The van der Waals surface area contributed by atoms with Crippen LogP contribution in [0.15, 0.2) is 22.3 Å². The summed E-state index contributed by atoms with van der Waals surface area (Å²) in [6.45, 7) is 16.5. The molecule has 1 rings (SSSR count). The Hall–Kier alpha value is -1.22. The molecule has 1 aliphatic carbocycles. The number of unbranched alkanes of at least 4 members (excludes halogenated alkanes) is 4. The Morgan fingerprint density at radius 3 is 1.88 bits per heavy atom. The fourth-order valence-electron chi connectivity index (χ4n) is 5.42. The topological polar surface area (TPSA) is 54.4 Å². The van der Waals surface area contributed by atoms with E-state index < -0.39 is 11.5 Å². The van der Waals surface area contributed by atoms with E-state index in [2.05, 4.69) is 20.8 Å². The van der Waals surface area contributed by atoms with Gasteiger partial charge in [0.15, 0.2) is 11.6 Å². The molecule has 196 valence electrons. The van der Waals surface area contributed by atoms with Crippen LogP contribution in [0.4, 0.5) is 0 Å². The van der Waals surface area contributed by atoms with Crippen LogP contribution >= 0.6 is 0 Å². The van der Waals surface area contributed by atoms with E-state index in [4.69, 9.17) is 0 Å². The molecule has 2 atom stereocenters. The standard InChI is InChI=1S/C31H54O3/c1-9-16-27-28(30(34)25(6)24(5)29(27)33)31(7,8)21-26(32)20-15-19-23(4)18-14-12-10-11-13-17-22(2)3/h22-23,26,32H,9-21H2,1-8H3. The molecule has 2 unspecified atom stereocenters. The first kappa shape index (κ1) is 30.8. The van der Waals surface area contributed by atoms with E-state index in [1.807, 2.05) is 20.8 Å². The summed E-state index contributed by atoms with van der Waals surface area (Å²) >= 11 is 0. The lowest BCUT2D eigenvalue weighted by Gasteiger charge is -2.34. The monoisotopic (exact) mass is 474 g/mol. The van der Waals surface area contributed by atoms with Gasteiger partial charge in [0.1, 0.15) is 0 Å². The number of rotatable bonds is 17. The molecular formula is C31H54O3. The zero-order valence-corrected chi connectivity index (χ0v) is 23.7. The van der Waals surface area contributed by atoms with E-state index >= 15 is 0 Å². The lowest BCUT2D eigenvalue weighted by atomic mass is 9.69. The average molecular weight is 475 g/mol. The number of hydrogen-bond donors (Lipinski definition) is 1. The van der Waals surface area contributed by atoms with Gasteiger partial charge in [0.05, 0.1) is 6.10 Å². The molecule has 0 amide bonds. The van der Waals surface area contributed by atoms with Crippen molar-refractivity contribution in [2.24, 2.45) is 17.3 Å². The third-order valence-corrected chi connectivity index (χ3v) is 7.68. The van der Waals surface area contributed by atoms with Crippen LogP contribution < -0.4 is 0 Å². The minimum atomic E-state index is -0.514. The van der Waals surface area contributed by atoms with Crippen LogP contribution in [-0.4, -0.2) is 22.8 Å². The first-order valence-electron chi connectivity index (χ1n) is 14.1. The third kappa shape index (κ3) is 9.80. The molecule has 0 radical (unpaired) electrons. The number of aliphatic hydroxyl groups is 1. The zero-order chi connectivity index (χ0) is 25.9. The van der Waals surface area contributed by atoms with Crippen LogP contribution in [0.1, 0.15) is 139 Å².